The molecule has 0 saturated carbocycles. The minimum Gasteiger partial charge on any atom is -0.336 e. The number of amides is 2. The highest BCUT2D eigenvalue weighted by atomic mass is 19.1. The maximum absolute atomic E-state index is 13.2. The van der Waals surface area contributed by atoms with E-state index in [1.54, 1.807) is 21.9 Å². The molecule has 4 rings (SSSR count). The quantitative estimate of drug-likeness (QED) is 0.814. The van der Waals surface area contributed by atoms with Crippen LogP contribution in [0, 0.1) is 5.82 Å². The van der Waals surface area contributed by atoms with Crippen molar-refractivity contribution in [2.45, 2.75) is 58.0 Å². The van der Waals surface area contributed by atoms with Crippen LogP contribution in [-0.2, 0) is 29.0 Å². The van der Waals surface area contributed by atoms with Crippen molar-refractivity contribution < 1.29 is 14.0 Å². The van der Waals surface area contributed by atoms with E-state index in [0.717, 1.165) is 18.4 Å². The molecule has 1 aromatic heterocycles. The number of fused-ring (bicyclic) bond motifs is 1. The van der Waals surface area contributed by atoms with Gasteiger partial charge in [0.1, 0.15) is 11.6 Å². The van der Waals surface area contributed by atoms with E-state index in [2.05, 4.69) is 4.98 Å². The summed E-state index contributed by atoms with van der Waals surface area (Å²) < 4.78 is 13.2. The Morgan fingerprint density at radius 1 is 1.16 bits per heavy atom. The van der Waals surface area contributed by atoms with Crippen LogP contribution >= 0.6 is 0 Å². The molecule has 2 amide bonds. The van der Waals surface area contributed by atoms with Crippen molar-refractivity contribution in [3.05, 3.63) is 63.1 Å². The van der Waals surface area contributed by atoms with E-state index in [4.69, 9.17) is 4.98 Å². The van der Waals surface area contributed by atoms with Crippen LogP contribution in [0.2, 0.25) is 0 Å². The van der Waals surface area contributed by atoms with Gasteiger partial charge in [0.25, 0.3) is 5.56 Å². The van der Waals surface area contributed by atoms with Gasteiger partial charge in [-0.15, -0.1) is 0 Å². The Morgan fingerprint density at radius 3 is 2.68 bits per heavy atom. The Bertz CT molecular complexity index is 1030. The van der Waals surface area contributed by atoms with E-state index in [-0.39, 0.29) is 35.7 Å². The van der Waals surface area contributed by atoms with Crippen molar-refractivity contribution in [2.24, 2.45) is 0 Å². The van der Waals surface area contributed by atoms with Gasteiger partial charge in [-0.1, -0.05) is 19.1 Å². The van der Waals surface area contributed by atoms with E-state index >= 15 is 0 Å². The van der Waals surface area contributed by atoms with E-state index < -0.39 is 0 Å². The van der Waals surface area contributed by atoms with Gasteiger partial charge in [-0.3, -0.25) is 14.4 Å². The van der Waals surface area contributed by atoms with E-state index in [0.29, 0.717) is 56.0 Å². The second-order valence-electron chi connectivity index (χ2n) is 8.20. The number of carbonyl (C=O) groups excluding carboxylic acids is 2. The standard InChI is InChI=1S/C23H27FN4O3/c1-2-20(29)27-12-10-17-18(14-27)25-22(26-23(17)31)19-5-3-4-11-28(19)21(30)13-15-6-8-16(24)9-7-15/h6-9,19H,2-5,10-14H2,1H3,(H,25,26,31). The van der Waals surface area contributed by atoms with Gasteiger partial charge in [-0.25, -0.2) is 9.37 Å². The summed E-state index contributed by atoms with van der Waals surface area (Å²) >= 11 is 0. The van der Waals surface area contributed by atoms with Gasteiger partial charge in [0, 0.05) is 25.1 Å². The zero-order valence-corrected chi connectivity index (χ0v) is 17.7. The third-order valence-electron chi connectivity index (χ3n) is 6.15. The minimum atomic E-state index is -0.335. The third-order valence-corrected chi connectivity index (χ3v) is 6.15. The number of aromatic amines is 1. The molecule has 8 heteroatoms. The van der Waals surface area contributed by atoms with Crippen molar-refractivity contribution in [1.82, 2.24) is 19.8 Å². The number of carbonyl (C=O) groups is 2. The van der Waals surface area contributed by atoms with Gasteiger partial charge in [-0.05, 0) is 43.4 Å². The summed E-state index contributed by atoms with van der Waals surface area (Å²) in [5.41, 5.74) is 1.82. The summed E-state index contributed by atoms with van der Waals surface area (Å²) in [6.45, 7) is 3.26. The van der Waals surface area contributed by atoms with Crippen LogP contribution in [-0.4, -0.2) is 44.7 Å². The smallest absolute Gasteiger partial charge is 0.254 e. The average Bonchev–Trinajstić information content (AvgIpc) is 2.79. The Labute approximate surface area is 180 Å². The normalized spacial score (nSPS) is 18.6. The SMILES string of the molecule is CCC(=O)N1CCc2c(nc(C3CCCCN3C(=O)Cc3ccc(F)cc3)[nH]c2=O)C1. The number of piperidine rings is 1. The van der Waals surface area contributed by atoms with Crippen molar-refractivity contribution in [1.29, 1.82) is 0 Å². The Kier molecular flexibility index (Phi) is 6.15. The zero-order valence-electron chi connectivity index (χ0n) is 17.7. The van der Waals surface area contributed by atoms with Crippen LogP contribution in [0.1, 0.15) is 61.3 Å². The van der Waals surface area contributed by atoms with Gasteiger partial charge in [0.15, 0.2) is 0 Å². The van der Waals surface area contributed by atoms with Gasteiger partial charge < -0.3 is 14.8 Å². The molecular weight excluding hydrogens is 399 g/mol. The molecular formula is C23H27FN4O3. The Balaban J connectivity index is 1.59. The molecule has 0 spiro atoms. The third kappa shape index (κ3) is 4.52. The molecule has 1 fully saturated rings. The fourth-order valence-electron chi connectivity index (χ4n) is 4.45. The number of likely N-dealkylation sites (tertiary alicyclic amines) is 1. The Hall–Kier alpha value is -3.03. The number of halogens is 1. The Morgan fingerprint density at radius 2 is 1.94 bits per heavy atom. The first kappa shape index (κ1) is 21.2. The summed E-state index contributed by atoms with van der Waals surface area (Å²) in [4.78, 5) is 49.0. The lowest BCUT2D eigenvalue weighted by molar-refractivity contribution is -0.134. The van der Waals surface area contributed by atoms with Crippen molar-refractivity contribution in [2.75, 3.05) is 13.1 Å². The number of nitrogens with zero attached hydrogens (tertiary/aromatic N) is 3. The van der Waals surface area contributed by atoms with Crippen molar-refractivity contribution >= 4 is 11.8 Å². The summed E-state index contributed by atoms with van der Waals surface area (Å²) in [5.74, 6) is 0.127. The first-order valence-corrected chi connectivity index (χ1v) is 10.9. The van der Waals surface area contributed by atoms with Crippen LogP contribution in [0.25, 0.3) is 0 Å². The lowest BCUT2D eigenvalue weighted by Gasteiger charge is -2.36. The topological polar surface area (TPSA) is 86.4 Å². The van der Waals surface area contributed by atoms with Gasteiger partial charge in [0.05, 0.1) is 24.7 Å². The highest BCUT2D eigenvalue weighted by Crippen LogP contribution is 2.30. The molecule has 1 unspecified atom stereocenters. The highest BCUT2D eigenvalue weighted by Gasteiger charge is 2.31. The highest BCUT2D eigenvalue weighted by molar-refractivity contribution is 5.79. The van der Waals surface area contributed by atoms with Crippen LogP contribution in [0.4, 0.5) is 4.39 Å². The zero-order chi connectivity index (χ0) is 22.0. The molecule has 0 bridgehead atoms. The van der Waals surface area contributed by atoms with Gasteiger partial charge >= 0.3 is 0 Å². The molecule has 1 saturated heterocycles. The maximum atomic E-state index is 13.2. The summed E-state index contributed by atoms with van der Waals surface area (Å²) in [5, 5.41) is 0. The molecule has 2 aromatic rings. The van der Waals surface area contributed by atoms with Crippen LogP contribution in [0.5, 0.6) is 0 Å². The number of aromatic nitrogens is 2. The number of hydrogen-bond acceptors (Lipinski definition) is 4. The van der Waals surface area contributed by atoms with E-state index in [9.17, 15) is 18.8 Å². The monoisotopic (exact) mass is 426 g/mol. The molecule has 3 heterocycles. The summed E-state index contributed by atoms with van der Waals surface area (Å²) in [6, 6.07) is 5.62. The van der Waals surface area contributed by atoms with Gasteiger partial charge in [-0.2, -0.15) is 0 Å². The molecule has 1 N–H and O–H groups in total. The van der Waals surface area contributed by atoms with Crippen LogP contribution in [0.15, 0.2) is 29.1 Å². The fourth-order valence-corrected chi connectivity index (χ4v) is 4.45. The maximum Gasteiger partial charge on any atom is 0.254 e. The van der Waals surface area contributed by atoms with Crippen molar-refractivity contribution in [3.63, 3.8) is 0 Å². The predicted molar refractivity (Wildman–Crippen MR) is 113 cm³/mol. The fraction of sp³-hybridized carbons (Fsp3) is 0.478. The number of nitrogens with one attached hydrogen (secondary N) is 1. The molecule has 1 aromatic carbocycles. The molecule has 2 aliphatic rings. The van der Waals surface area contributed by atoms with Crippen molar-refractivity contribution in [3.8, 4) is 0 Å². The molecule has 0 radical (unpaired) electrons. The van der Waals surface area contributed by atoms with Crippen LogP contribution in [0.3, 0.4) is 0 Å². The molecule has 2 aliphatic heterocycles. The molecule has 0 aliphatic carbocycles. The largest absolute Gasteiger partial charge is 0.336 e. The second-order valence-corrected chi connectivity index (χ2v) is 8.20. The van der Waals surface area contributed by atoms with E-state index in [1.807, 2.05) is 6.92 Å². The van der Waals surface area contributed by atoms with E-state index in [1.165, 1.54) is 12.1 Å². The number of hydrogen-bond donors (Lipinski definition) is 1. The predicted octanol–water partition coefficient (Wildman–Crippen LogP) is 2.50. The number of H-pyrrole nitrogens is 1. The van der Waals surface area contributed by atoms with Crippen LogP contribution < -0.4 is 5.56 Å². The molecule has 164 valence electrons. The minimum absolute atomic E-state index is 0.0445. The first-order valence-electron chi connectivity index (χ1n) is 10.9. The number of benzene rings is 1. The summed E-state index contributed by atoms with van der Waals surface area (Å²) in [6.07, 6.45) is 3.62. The number of rotatable bonds is 4. The lowest BCUT2D eigenvalue weighted by atomic mass is 9.99. The molecule has 31 heavy (non-hydrogen) atoms. The van der Waals surface area contributed by atoms with Gasteiger partial charge in [0.2, 0.25) is 11.8 Å². The average molecular weight is 426 g/mol. The molecule has 7 nitrogen and oxygen atoms in total. The second kappa shape index (κ2) is 8.99. The lowest BCUT2D eigenvalue weighted by Crippen LogP contribution is -2.42. The first-order chi connectivity index (χ1) is 15.0. The molecule has 1 atom stereocenters. The summed E-state index contributed by atoms with van der Waals surface area (Å²) in [7, 11) is 0.